The predicted molar refractivity (Wildman–Crippen MR) is 203 cm³/mol. The molecule has 13 nitrogen and oxygen atoms in total. The van der Waals surface area contributed by atoms with E-state index >= 15 is 0 Å². The first kappa shape index (κ1) is 42.4. The number of aliphatic carboxylic acids is 1. The Morgan fingerprint density at radius 1 is 0.964 bits per heavy atom. The quantitative estimate of drug-likeness (QED) is 0.187. The summed E-state index contributed by atoms with van der Waals surface area (Å²) in [4.78, 5) is 11.6. The van der Waals surface area contributed by atoms with Crippen molar-refractivity contribution in [2.75, 3.05) is 6.61 Å². The van der Waals surface area contributed by atoms with Crippen LogP contribution in [0.1, 0.15) is 124 Å². The molecule has 7 rings (SSSR count). The van der Waals surface area contributed by atoms with Crippen LogP contribution in [-0.4, -0.2) is 122 Å². The third-order valence-corrected chi connectivity index (χ3v) is 13.6. The van der Waals surface area contributed by atoms with E-state index in [-0.39, 0.29) is 36.6 Å². The lowest BCUT2D eigenvalue weighted by molar-refractivity contribution is -0.320. The first-order valence-corrected chi connectivity index (χ1v) is 21.3. The maximum Gasteiger partial charge on any atom is 0.335 e. The number of aliphatic hydroxyl groups is 4. The highest BCUT2D eigenvalue weighted by Gasteiger charge is 2.54. The van der Waals surface area contributed by atoms with Crippen LogP contribution in [-0.2, 0) is 38.0 Å². The summed E-state index contributed by atoms with van der Waals surface area (Å²) >= 11 is 0. The van der Waals surface area contributed by atoms with E-state index < -0.39 is 71.7 Å². The topological polar surface area (TPSA) is 183 Å². The highest BCUT2D eigenvalue weighted by molar-refractivity contribution is 5.76. The van der Waals surface area contributed by atoms with Gasteiger partial charge in [-0.05, 0) is 95.6 Å². The molecule has 13 heteroatoms. The van der Waals surface area contributed by atoms with E-state index in [1.54, 1.807) is 6.08 Å². The van der Waals surface area contributed by atoms with Crippen LogP contribution in [0.5, 0.6) is 0 Å². The van der Waals surface area contributed by atoms with E-state index in [1.807, 2.05) is 19.9 Å². The Morgan fingerprint density at radius 2 is 1.73 bits per heavy atom. The molecule has 56 heavy (non-hydrogen) atoms. The molecule has 0 aromatic heterocycles. The van der Waals surface area contributed by atoms with Gasteiger partial charge in [-0.25, -0.2) is 4.79 Å². The first-order chi connectivity index (χ1) is 26.5. The third kappa shape index (κ3) is 8.89. The molecule has 7 aliphatic rings. The smallest absolute Gasteiger partial charge is 0.335 e. The van der Waals surface area contributed by atoms with E-state index in [1.165, 1.54) is 6.92 Å². The van der Waals surface area contributed by atoms with Crippen LogP contribution >= 0.6 is 0 Å². The minimum absolute atomic E-state index is 0.00993. The van der Waals surface area contributed by atoms with E-state index in [0.29, 0.717) is 50.5 Å². The van der Waals surface area contributed by atoms with Gasteiger partial charge >= 0.3 is 5.97 Å². The molecule has 16 atom stereocenters. The van der Waals surface area contributed by atoms with Crippen molar-refractivity contribution < 1.29 is 63.5 Å². The van der Waals surface area contributed by atoms with E-state index in [4.69, 9.17) is 33.2 Å². The van der Waals surface area contributed by atoms with E-state index in [2.05, 4.69) is 19.6 Å². The summed E-state index contributed by atoms with van der Waals surface area (Å²) in [5, 5.41) is 53.9. The maximum atomic E-state index is 11.6. The SMILES string of the molecule is C=C1[C@@H](O)[C@@H]2O[C@@]3(CCC2O[C@@H]1[C@@H](O)C[C@H](C)C1CCC[C@]2(CCCCO2)O1)CC[C@H](/C=C/[C@@H](C)[C@@H]1CC(C)=C[C@@]2(O[C@H](C[C@@](C)(O)C(=O)O)CC[C@H]2O)O1)O3. The molecule has 0 aliphatic carbocycles. The van der Waals surface area contributed by atoms with Gasteiger partial charge in [0.2, 0.25) is 5.79 Å². The fourth-order valence-corrected chi connectivity index (χ4v) is 10.2. The molecular formula is C43H66O13. The van der Waals surface area contributed by atoms with Crippen molar-refractivity contribution >= 4 is 5.97 Å². The van der Waals surface area contributed by atoms with Crippen molar-refractivity contribution in [3.05, 3.63) is 36.0 Å². The number of aliphatic hydroxyl groups excluding tert-OH is 3. The summed E-state index contributed by atoms with van der Waals surface area (Å²) in [6.07, 6.45) is 10.4. The summed E-state index contributed by atoms with van der Waals surface area (Å²) < 4.78 is 45.0. The molecule has 6 fully saturated rings. The van der Waals surface area contributed by atoms with Gasteiger partial charge in [-0.2, -0.15) is 0 Å². The van der Waals surface area contributed by atoms with Crippen LogP contribution in [0.4, 0.5) is 0 Å². The largest absolute Gasteiger partial charge is 0.479 e. The molecule has 3 spiro atoms. The second-order valence-electron chi connectivity index (χ2n) is 18.3. The lowest BCUT2D eigenvalue weighted by atomic mass is 9.82. The molecule has 7 heterocycles. The number of ether oxygens (including phenoxy) is 7. The van der Waals surface area contributed by atoms with Crippen molar-refractivity contribution in [2.45, 2.75) is 208 Å². The molecule has 6 saturated heterocycles. The molecule has 0 bridgehead atoms. The van der Waals surface area contributed by atoms with Gasteiger partial charge in [-0.1, -0.05) is 38.2 Å². The van der Waals surface area contributed by atoms with Crippen LogP contribution in [0.2, 0.25) is 0 Å². The van der Waals surface area contributed by atoms with E-state index in [9.17, 15) is 30.3 Å². The summed E-state index contributed by atoms with van der Waals surface area (Å²) in [5.41, 5.74) is -0.548. The molecule has 5 N–H and O–H groups in total. The molecular weight excluding hydrogens is 724 g/mol. The number of carboxylic acid groups (broad SMARTS) is 1. The van der Waals surface area contributed by atoms with Crippen molar-refractivity contribution in [3.63, 3.8) is 0 Å². The fourth-order valence-electron chi connectivity index (χ4n) is 10.2. The van der Waals surface area contributed by atoms with Gasteiger partial charge < -0.3 is 58.7 Å². The molecule has 0 aromatic carbocycles. The lowest BCUT2D eigenvalue weighted by Crippen LogP contribution is -2.60. The Bertz CT molecular complexity index is 1470. The monoisotopic (exact) mass is 790 g/mol. The van der Waals surface area contributed by atoms with Crippen molar-refractivity contribution in [1.29, 1.82) is 0 Å². The summed E-state index contributed by atoms with van der Waals surface area (Å²) in [6.45, 7) is 12.3. The molecule has 0 aromatic rings. The van der Waals surface area contributed by atoms with Crippen LogP contribution in [0.3, 0.4) is 0 Å². The Hall–Kier alpha value is -1.75. The van der Waals surface area contributed by atoms with Gasteiger partial charge in [0.25, 0.3) is 0 Å². The Balaban J connectivity index is 0.915. The Kier molecular flexibility index (Phi) is 12.7. The van der Waals surface area contributed by atoms with Crippen molar-refractivity contribution in [3.8, 4) is 0 Å². The lowest BCUT2D eigenvalue weighted by Gasteiger charge is -2.50. The second kappa shape index (κ2) is 16.7. The number of hydrogen-bond donors (Lipinski definition) is 5. The minimum Gasteiger partial charge on any atom is -0.479 e. The second-order valence-corrected chi connectivity index (χ2v) is 18.3. The summed E-state index contributed by atoms with van der Waals surface area (Å²) in [5.74, 6) is -4.11. The van der Waals surface area contributed by atoms with Crippen LogP contribution in [0.15, 0.2) is 36.0 Å². The molecule has 316 valence electrons. The van der Waals surface area contributed by atoms with Crippen LogP contribution in [0, 0.1) is 11.8 Å². The van der Waals surface area contributed by atoms with Crippen molar-refractivity contribution in [1.82, 2.24) is 0 Å². The molecule has 0 amide bonds. The number of carbonyl (C=O) groups is 1. The average Bonchev–Trinajstić information content (AvgIpc) is 3.55. The highest BCUT2D eigenvalue weighted by atomic mass is 16.7. The van der Waals surface area contributed by atoms with Gasteiger partial charge in [0.15, 0.2) is 17.2 Å². The molecule has 0 radical (unpaired) electrons. The number of fused-ring (bicyclic) bond motifs is 1. The number of hydrogen-bond acceptors (Lipinski definition) is 12. The average molecular weight is 791 g/mol. The van der Waals surface area contributed by atoms with Gasteiger partial charge in [0, 0.05) is 38.0 Å². The van der Waals surface area contributed by atoms with Crippen LogP contribution in [0.25, 0.3) is 0 Å². The predicted octanol–water partition coefficient (Wildman–Crippen LogP) is 4.97. The molecule has 0 saturated carbocycles. The number of rotatable bonds is 10. The normalized spacial score (nSPS) is 44.7. The van der Waals surface area contributed by atoms with E-state index in [0.717, 1.165) is 57.1 Å². The van der Waals surface area contributed by atoms with Gasteiger partial charge in [-0.3, -0.25) is 0 Å². The highest BCUT2D eigenvalue weighted by Crippen LogP contribution is 2.47. The minimum atomic E-state index is -1.96. The van der Waals surface area contributed by atoms with Crippen LogP contribution < -0.4 is 0 Å². The zero-order valence-electron chi connectivity index (χ0n) is 33.7. The summed E-state index contributed by atoms with van der Waals surface area (Å²) in [6, 6.07) is 0. The van der Waals surface area contributed by atoms with Gasteiger partial charge in [-0.15, -0.1) is 0 Å². The standard InChI is InChI=1S/C43H66O13/c1-25-21-34(55-43(23-25)35(45)13-12-30(53-43)24-40(5,49)39(47)48)26(2)10-11-29-14-18-42(52-29)19-15-33-38(56-42)36(46)28(4)37(51-33)31(44)22-27(3)32-9-8-17-41(54-32)16-6-7-20-50-41/h10-11,23,26-27,29-38,44-46,49H,4,6-9,12-22,24H2,1-3,5H3,(H,47,48)/b11-10+/t26-,27+,29+,30+,31+,32?,33?,34+,35-,36-,37+,38-,40-,41+,42-,43-/m1/s1. The Labute approximate surface area is 331 Å². The molecule has 2 unspecified atom stereocenters. The number of carboxylic acids is 1. The first-order valence-electron chi connectivity index (χ1n) is 21.3. The maximum absolute atomic E-state index is 11.6. The third-order valence-electron chi connectivity index (χ3n) is 13.6. The zero-order valence-corrected chi connectivity index (χ0v) is 33.7. The fraction of sp³-hybridized carbons (Fsp3) is 0.837. The van der Waals surface area contributed by atoms with Gasteiger partial charge in [0.1, 0.15) is 24.4 Å². The van der Waals surface area contributed by atoms with Crippen molar-refractivity contribution in [2.24, 2.45) is 11.8 Å². The zero-order chi connectivity index (χ0) is 40.0. The van der Waals surface area contributed by atoms with Gasteiger partial charge in [0.05, 0.1) is 43.2 Å². The molecule has 7 aliphatic heterocycles. The summed E-state index contributed by atoms with van der Waals surface area (Å²) in [7, 11) is 0. The Morgan fingerprint density at radius 3 is 2.48 bits per heavy atom.